The second-order valence-electron chi connectivity index (χ2n) is 4.29. The molecule has 2 atom stereocenters. The fraction of sp³-hybridized carbons (Fsp3) is 0.800. The van der Waals surface area contributed by atoms with E-state index in [1.54, 1.807) is 0 Å². The molecule has 0 amide bonds. The van der Waals surface area contributed by atoms with E-state index >= 15 is 0 Å². The predicted molar refractivity (Wildman–Crippen MR) is 50.0 cm³/mol. The quantitative estimate of drug-likeness (QED) is 0.649. The Bertz CT molecular complexity index is 277. The van der Waals surface area contributed by atoms with Crippen molar-refractivity contribution < 1.29 is 14.7 Å². The topological polar surface area (TPSA) is 66.4 Å². The van der Waals surface area contributed by atoms with Crippen LogP contribution in [-0.2, 0) is 9.59 Å². The van der Waals surface area contributed by atoms with E-state index < -0.39 is 17.6 Å². The maximum atomic E-state index is 11.7. The fourth-order valence-electron chi connectivity index (χ4n) is 2.56. The molecule has 1 heterocycles. The van der Waals surface area contributed by atoms with Gasteiger partial charge in [0.2, 0.25) is 0 Å². The molecule has 0 aromatic rings. The van der Waals surface area contributed by atoms with Crippen LogP contribution in [0.5, 0.6) is 0 Å². The SMILES string of the molecule is O=C(O)C1CCC2(CCCCC2=O)N1. The average molecular weight is 197 g/mol. The summed E-state index contributed by atoms with van der Waals surface area (Å²) in [6.07, 6.45) is 4.70. The van der Waals surface area contributed by atoms with Crippen LogP contribution in [0.25, 0.3) is 0 Å². The molecule has 2 rings (SSSR count). The van der Waals surface area contributed by atoms with Gasteiger partial charge in [0.25, 0.3) is 0 Å². The molecule has 0 aromatic carbocycles. The normalized spacial score (nSPS) is 37.7. The summed E-state index contributed by atoms with van der Waals surface area (Å²) in [5.41, 5.74) is -0.485. The fourth-order valence-corrected chi connectivity index (χ4v) is 2.56. The average Bonchev–Trinajstić information content (AvgIpc) is 2.56. The molecule has 1 saturated heterocycles. The molecule has 78 valence electrons. The number of hydrogen-bond acceptors (Lipinski definition) is 3. The number of hydrogen-bond donors (Lipinski definition) is 2. The third-order valence-corrected chi connectivity index (χ3v) is 3.40. The number of carboxylic acids is 1. The smallest absolute Gasteiger partial charge is 0.320 e. The third-order valence-electron chi connectivity index (χ3n) is 3.40. The lowest BCUT2D eigenvalue weighted by atomic mass is 9.80. The van der Waals surface area contributed by atoms with Crippen LogP contribution >= 0.6 is 0 Å². The lowest BCUT2D eigenvalue weighted by Gasteiger charge is -2.32. The minimum absolute atomic E-state index is 0.215. The molecule has 4 heteroatoms. The van der Waals surface area contributed by atoms with E-state index in [1.165, 1.54) is 0 Å². The van der Waals surface area contributed by atoms with Crippen molar-refractivity contribution in [3.05, 3.63) is 0 Å². The zero-order chi connectivity index (χ0) is 10.2. The number of nitrogens with one attached hydrogen (secondary N) is 1. The van der Waals surface area contributed by atoms with Crippen LogP contribution in [0.3, 0.4) is 0 Å². The van der Waals surface area contributed by atoms with Crippen molar-refractivity contribution in [2.45, 2.75) is 50.1 Å². The Morgan fingerprint density at radius 1 is 1.43 bits per heavy atom. The van der Waals surface area contributed by atoms with Crippen molar-refractivity contribution >= 4 is 11.8 Å². The van der Waals surface area contributed by atoms with E-state index in [2.05, 4.69) is 5.32 Å². The van der Waals surface area contributed by atoms with Gasteiger partial charge >= 0.3 is 5.97 Å². The molecule has 1 aliphatic heterocycles. The summed E-state index contributed by atoms with van der Waals surface area (Å²) in [5.74, 6) is -0.618. The maximum Gasteiger partial charge on any atom is 0.320 e. The standard InChI is InChI=1S/C10H15NO3/c12-8-3-1-2-5-10(8)6-4-7(11-10)9(13)14/h7,11H,1-6H2,(H,13,14). The molecule has 1 spiro atoms. The van der Waals surface area contributed by atoms with Crippen molar-refractivity contribution in [3.8, 4) is 0 Å². The second-order valence-corrected chi connectivity index (χ2v) is 4.29. The highest BCUT2D eigenvalue weighted by atomic mass is 16.4. The van der Waals surface area contributed by atoms with Crippen molar-refractivity contribution in [2.24, 2.45) is 0 Å². The summed E-state index contributed by atoms with van der Waals surface area (Å²) < 4.78 is 0. The molecule has 1 saturated carbocycles. The number of carboxylic acid groups (broad SMARTS) is 1. The van der Waals surface area contributed by atoms with Gasteiger partial charge in [-0.3, -0.25) is 14.9 Å². The van der Waals surface area contributed by atoms with Gasteiger partial charge in [-0.15, -0.1) is 0 Å². The molecule has 2 fully saturated rings. The van der Waals surface area contributed by atoms with Gasteiger partial charge in [0.05, 0.1) is 5.54 Å². The molecule has 2 N–H and O–H groups in total. The number of carbonyl (C=O) groups is 2. The molecule has 1 aliphatic carbocycles. The van der Waals surface area contributed by atoms with Gasteiger partial charge in [-0.2, -0.15) is 0 Å². The van der Waals surface area contributed by atoms with Gasteiger partial charge in [-0.1, -0.05) is 6.42 Å². The Kier molecular flexibility index (Phi) is 2.31. The summed E-state index contributed by atoms with van der Waals surface area (Å²) >= 11 is 0. The van der Waals surface area contributed by atoms with Gasteiger partial charge in [0.15, 0.2) is 5.78 Å². The van der Waals surface area contributed by atoms with E-state index in [0.29, 0.717) is 19.3 Å². The van der Waals surface area contributed by atoms with Gasteiger partial charge in [-0.25, -0.2) is 0 Å². The molecule has 0 aromatic heterocycles. The summed E-state index contributed by atoms with van der Waals surface area (Å²) in [4.78, 5) is 22.5. The van der Waals surface area contributed by atoms with E-state index in [-0.39, 0.29) is 5.78 Å². The number of carbonyl (C=O) groups excluding carboxylic acids is 1. The monoisotopic (exact) mass is 197 g/mol. The van der Waals surface area contributed by atoms with Gasteiger partial charge < -0.3 is 5.11 Å². The van der Waals surface area contributed by atoms with Gasteiger partial charge in [0.1, 0.15) is 6.04 Å². The largest absolute Gasteiger partial charge is 0.480 e. The van der Waals surface area contributed by atoms with Crippen LogP contribution in [0.4, 0.5) is 0 Å². The van der Waals surface area contributed by atoms with Gasteiger partial charge in [0, 0.05) is 6.42 Å². The van der Waals surface area contributed by atoms with E-state index in [0.717, 1.165) is 19.3 Å². The van der Waals surface area contributed by atoms with Crippen molar-refractivity contribution in [3.63, 3.8) is 0 Å². The number of Topliss-reactive ketones (excluding diaryl/α,β-unsaturated/α-hetero) is 1. The zero-order valence-corrected chi connectivity index (χ0v) is 8.08. The summed E-state index contributed by atoms with van der Waals surface area (Å²) in [6.45, 7) is 0. The van der Waals surface area contributed by atoms with Crippen LogP contribution in [0, 0.1) is 0 Å². The van der Waals surface area contributed by atoms with Crippen LogP contribution in [0.15, 0.2) is 0 Å². The zero-order valence-electron chi connectivity index (χ0n) is 8.08. The molecule has 4 nitrogen and oxygen atoms in total. The van der Waals surface area contributed by atoms with Crippen LogP contribution in [0.1, 0.15) is 38.5 Å². The van der Waals surface area contributed by atoms with Crippen LogP contribution in [0.2, 0.25) is 0 Å². The Hall–Kier alpha value is -0.900. The summed E-state index contributed by atoms with van der Waals surface area (Å²) in [6, 6.07) is -0.517. The molecular weight excluding hydrogens is 182 g/mol. The summed E-state index contributed by atoms with van der Waals surface area (Å²) in [7, 11) is 0. The van der Waals surface area contributed by atoms with Crippen molar-refractivity contribution in [2.75, 3.05) is 0 Å². The van der Waals surface area contributed by atoms with Crippen LogP contribution < -0.4 is 5.32 Å². The first-order valence-electron chi connectivity index (χ1n) is 5.18. The highest BCUT2D eigenvalue weighted by Crippen LogP contribution is 2.34. The first-order valence-corrected chi connectivity index (χ1v) is 5.18. The molecular formula is C10H15NO3. The molecule has 0 bridgehead atoms. The number of rotatable bonds is 1. The third kappa shape index (κ3) is 1.43. The first kappa shape index (κ1) is 9.65. The Morgan fingerprint density at radius 3 is 2.79 bits per heavy atom. The highest BCUT2D eigenvalue weighted by molar-refractivity contribution is 5.90. The van der Waals surface area contributed by atoms with Crippen molar-refractivity contribution in [1.29, 1.82) is 0 Å². The second kappa shape index (κ2) is 3.35. The lowest BCUT2D eigenvalue weighted by molar-refractivity contribution is -0.139. The molecule has 14 heavy (non-hydrogen) atoms. The summed E-state index contributed by atoms with van der Waals surface area (Å²) in [5, 5.41) is 11.8. The van der Waals surface area contributed by atoms with Crippen LogP contribution in [-0.4, -0.2) is 28.4 Å². The molecule has 2 unspecified atom stereocenters. The van der Waals surface area contributed by atoms with Crippen molar-refractivity contribution in [1.82, 2.24) is 5.32 Å². The number of aliphatic carboxylic acids is 1. The van der Waals surface area contributed by atoms with E-state index in [4.69, 9.17) is 5.11 Å². The number of ketones is 1. The minimum atomic E-state index is -0.833. The minimum Gasteiger partial charge on any atom is -0.480 e. The Morgan fingerprint density at radius 2 is 2.21 bits per heavy atom. The van der Waals surface area contributed by atoms with E-state index in [9.17, 15) is 9.59 Å². The lowest BCUT2D eigenvalue weighted by Crippen LogP contribution is -2.52. The Balaban J connectivity index is 2.10. The Labute approximate surface area is 82.7 Å². The molecule has 0 radical (unpaired) electrons. The predicted octanol–water partition coefficient (Wildman–Crippen LogP) is 0.705. The van der Waals surface area contributed by atoms with E-state index in [1.807, 2.05) is 0 Å². The first-order chi connectivity index (χ1) is 6.64. The van der Waals surface area contributed by atoms with Gasteiger partial charge in [-0.05, 0) is 25.7 Å². The highest BCUT2D eigenvalue weighted by Gasteiger charge is 2.46. The molecule has 2 aliphatic rings. The maximum absolute atomic E-state index is 11.7.